The number of nitrogens with zero attached hydrogens (tertiary/aromatic N) is 2. The van der Waals surface area contributed by atoms with E-state index in [1.54, 1.807) is 4.90 Å². The molecule has 0 bridgehead atoms. The van der Waals surface area contributed by atoms with Gasteiger partial charge in [-0.1, -0.05) is 59.6 Å². The first-order valence-corrected chi connectivity index (χ1v) is 13.2. The predicted octanol–water partition coefficient (Wildman–Crippen LogP) is 4.23. The zero-order chi connectivity index (χ0) is 24.1. The van der Waals surface area contributed by atoms with E-state index in [4.69, 9.17) is 23.2 Å². The molecule has 0 spiro atoms. The molecular formula is C25H25Cl2N3O3S. The average molecular weight is 518 g/mol. The smallest absolute Gasteiger partial charge is 0.241 e. The monoisotopic (exact) mass is 517 g/mol. The maximum absolute atomic E-state index is 13.5. The van der Waals surface area contributed by atoms with E-state index in [2.05, 4.69) is 9.62 Å². The summed E-state index contributed by atoms with van der Waals surface area (Å²) in [4.78, 5) is 17.5. The van der Waals surface area contributed by atoms with E-state index in [0.29, 0.717) is 36.2 Å². The molecule has 0 unspecified atom stereocenters. The zero-order valence-electron chi connectivity index (χ0n) is 18.4. The largest absolute Gasteiger partial charge is 0.368 e. The number of halogens is 2. The number of nitrogens with one attached hydrogen (secondary N) is 1. The molecule has 1 N–H and O–H groups in total. The van der Waals surface area contributed by atoms with E-state index in [-0.39, 0.29) is 17.2 Å². The second-order valence-corrected chi connectivity index (χ2v) is 10.7. The molecule has 178 valence electrons. The first kappa shape index (κ1) is 24.5. The molecule has 1 aliphatic heterocycles. The summed E-state index contributed by atoms with van der Waals surface area (Å²) in [6.45, 7) is 2.24. The fraction of sp³-hybridized carbons (Fsp3) is 0.240. The summed E-state index contributed by atoms with van der Waals surface area (Å²) >= 11 is 12.0. The summed E-state index contributed by atoms with van der Waals surface area (Å²) in [5.74, 6) is -0.243. The van der Waals surface area contributed by atoms with Crippen LogP contribution in [0.3, 0.4) is 0 Å². The van der Waals surface area contributed by atoms with E-state index < -0.39 is 16.1 Å². The van der Waals surface area contributed by atoms with Crippen LogP contribution in [-0.2, 0) is 21.2 Å². The van der Waals surface area contributed by atoms with Crippen molar-refractivity contribution >= 4 is 44.8 Å². The lowest BCUT2D eigenvalue weighted by Gasteiger charge is -2.37. The van der Waals surface area contributed by atoms with Gasteiger partial charge >= 0.3 is 0 Å². The quantitative estimate of drug-likeness (QED) is 0.509. The summed E-state index contributed by atoms with van der Waals surface area (Å²) < 4.78 is 28.7. The summed E-state index contributed by atoms with van der Waals surface area (Å²) in [5.41, 5.74) is 1.88. The lowest BCUT2D eigenvalue weighted by atomic mass is 10.1. The number of piperazine rings is 1. The van der Waals surface area contributed by atoms with Crippen molar-refractivity contribution in [1.82, 2.24) is 9.62 Å². The third kappa shape index (κ3) is 6.10. The van der Waals surface area contributed by atoms with Crippen molar-refractivity contribution in [3.8, 4) is 0 Å². The summed E-state index contributed by atoms with van der Waals surface area (Å²) in [6.07, 6.45) is 0.251. The zero-order valence-corrected chi connectivity index (χ0v) is 20.7. The molecule has 4 rings (SSSR count). The lowest BCUT2D eigenvalue weighted by molar-refractivity contribution is -0.133. The number of rotatable bonds is 7. The van der Waals surface area contributed by atoms with Crippen molar-refractivity contribution in [1.29, 1.82) is 0 Å². The van der Waals surface area contributed by atoms with Crippen LogP contribution in [0, 0.1) is 0 Å². The van der Waals surface area contributed by atoms with Crippen LogP contribution in [0.15, 0.2) is 83.8 Å². The molecule has 6 nitrogen and oxygen atoms in total. The van der Waals surface area contributed by atoms with Crippen molar-refractivity contribution in [3.63, 3.8) is 0 Å². The highest BCUT2D eigenvalue weighted by atomic mass is 35.5. The van der Waals surface area contributed by atoms with E-state index in [1.807, 2.05) is 54.6 Å². The average Bonchev–Trinajstić information content (AvgIpc) is 2.84. The minimum atomic E-state index is -3.92. The highest BCUT2D eigenvalue weighted by Crippen LogP contribution is 2.22. The van der Waals surface area contributed by atoms with Crippen LogP contribution in [0.5, 0.6) is 0 Å². The first-order chi connectivity index (χ1) is 16.3. The summed E-state index contributed by atoms with van der Waals surface area (Å²) in [7, 11) is -3.92. The molecule has 9 heteroatoms. The number of anilines is 1. The lowest BCUT2D eigenvalue weighted by Crippen LogP contribution is -2.55. The molecule has 0 aliphatic carbocycles. The van der Waals surface area contributed by atoms with Gasteiger partial charge in [-0.15, -0.1) is 0 Å². The van der Waals surface area contributed by atoms with Gasteiger partial charge in [0.2, 0.25) is 15.9 Å². The molecule has 3 aromatic rings. The Balaban J connectivity index is 1.50. The third-order valence-corrected chi connectivity index (χ3v) is 7.74. The Labute approximate surface area is 210 Å². The fourth-order valence-electron chi connectivity index (χ4n) is 3.98. The van der Waals surface area contributed by atoms with Crippen LogP contribution in [0.1, 0.15) is 5.56 Å². The highest BCUT2D eigenvalue weighted by Gasteiger charge is 2.31. The molecule has 1 aliphatic rings. The van der Waals surface area contributed by atoms with Crippen LogP contribution >= 0.6 is 23.2 Å². The van der Waals surface area contributed by atoms with Crippen molar-refractivity contribution < 1.29 is 13.2 Å². The van der Waals surface area contributed by atoms with E-state index >= 15 is 0 Å². The molecule has 0 saturated carbocycles. The number of amides is 1. The number of benzene rings is 3. The molecule has 34 heavy (non-hydrogen) atoms. The second-order valence-electron chi connectivity index (χ2n) is 8.11. The highest BCUT2D eigenvalue weighted by molar-refractivity contribution is 7.89. The van der Waals surface area contributed by atoms with Crippen LogP contribution < -0.4 is 9.62 Å². The van der Waals surface area contributed by atoms with E-state index in [0.717, 1.165) is 11.3 Å². The minimum absolute atomic E-state index is 0.0635. The Hall–Kier alpha value is -2.58. The number of sulfonamides is 1. The van der Waals surface area contributed by atoms with E-state index in [1.165, 1.54) is 24.3 Å². The van der Waals surface area contributed by atoms with Crippen LogP contribution in [0.4, 0.5) is 5.69 Å². The number of hydrogen-bond acceptors (Lipinski definition) is 4. The molecule has 0 radical (unpaired) electrons. The van der Waals surface area contributed by atoms with Gasteiger partial charge in [-0.3, -0.25) is 4.79 Å². The third-order valence-electron chi connectivity index (χ3n) is 5.77. The molecule has 1 atom stereocenters. The number of carbonyl (C=O) groups is 1. The van der Waals surface area contributed by atoms with Crippen LogP contribution in [0.2, 0.25) is 10.0 Å². The molecule has 1 saturated heterocycles. The Morgan fingerprint density at radius 1 is 0.853 bits per heavy atom. The van der Waals surface area contributed by atoms with Crippen molar-refractivity contribution in [2.45, 2.75) is 17.4 Å². The van der Waals surface area contributed by atoms with Gasteiger partial charge in [0.25, 0.3) is 0 Å². The van der Waals surface area contributed by atoms with Gasteiger partial charge in [0, 0.05) is 41.9 Å². The van der Waals surface area contributed by atoms with Crippen molar-refractivity contribution in [2.75, 3.05) is 31.1 Å². The van der Waals surface area contributed by atoms with Crippen LogP contribution in [-0.4, -0.2) is 51.4 Å². The maximum atomic E-state index is 13.5. The van der Waals surface area contributed by atoms with Gasteiger partial charge < -0.3 is 9.80 Å². The topological polar surface area (TPSA) is 69.7 Å². The molecular weight excluding hydrogens is 493 g/mol. The second kappa shape index (κ2) is 10.8. The van der Waals surface area contributed by atoms with Crippen LogP contribution in [0.25, 0.3) is 0 Å². The van der Waals surface area contributed by atoms with Gasteiger partial charge in [0.15, 0.2) is 0 Å². The molecule has 1 fully saturated rings. The van der Waals surface area contributed by atoms with Gasteiger partial charge in [-0.05, 0) is 54.4 Å². The van der Waals surface area contributed by atoms with Gasteiger partial charge in [0.1, 0.15) is 6.04 Å². The SMILES string of the molecule is O=C([C@H](Cc1ccccc1)NS(=O)(=O)c1ccc(Cl)cc1)N1CCN(c2cccc(Cl)c2)CC1. The molecule has 3 aromatic carbocycles. The minimum Gasteiger partial charge on any atom is -0.368 e. The van der Waals surface area contributed by atoms with Gasteiger partial charge in [-0.2, -0.15) is 4.72 Å². The standard InChI is InChI=1S/C25H25Cl2N3O3S/c26-20-9-11-23(12-10-20)34(32,33)28-24(17-19-5-2-1-3-6-19)25(31)30-15-13-29(14-16-30)22-8-4-7-21(27)18-22/h1-12,18,24,28H,13-17H2/t24-/m0/s1. The van der Waals surface area contributed by atoms with Crippen molar-refractivity contribution in [3.05, 3.63) is 94.5 Å². The Kier molecular flexibility index (Phi) is 7.78. The van der Waals surface area contributed by atoms with E-state index in [9.17, 15) is 13.2 Å². The van der Waals surface area contributed by atoms with Crippen molar-refractivity contribution in [2.24, 2.45) is 0 Å². The number of hydrogen-bond donors (Lipinski definition) is 1. The first-order valence-electron chi connectivity index (χ1n) is 10.9. The molecule has 0 aromatic heterocycles. The summed E-state index contributed by atoms with van der Waals surface area (Å²) in [5, 5.41) is 1.10. The number of carbonyl (C=O) groups excluding carboxylic acids is 1. The Morgan fingerprint density at radius 2 is 1.53 bits per heavy atom. The maximum Gasteiger partial charge on any atom is 0.241 e. The summed E-state index contributed by atoms with van der Waals surface area (Å²) in [6, 6.07) is 22.0. The fourth-order valence-corrected chi connectivity index (χ4v) is 5.48. The van der Waals surface area contributed by atoms with Gasteiger partial charge in [0.05, 0.1) is 4.90 Å². The normalized spacial score (nSPS) is 15.2. The molecule has 1 heterocycles. The van der Waals surface area contributed by atoms with Gasteiger partial charge in [-0.25, -0.2) is 8.42 Å². The Bertz CT molecular complexity index is 1230. The molecule has 1 amide bonds. The predicted molar refractivity (Wildman–Crippen MR) is 136 cm³/mol. The Morgan fingerprint density at radius 3 is 2.18 bits per heavy atom.